The van der Waals surface area contributed by atoms with Crippen LogP contribution in [0.2, 0.25) is 19.6 Å². The first-order chi connectivity index (χ1) is 11.9. The van der Waals surface area contributed by atoms with Gasteiger partial charge >= 0.3 is 0 Å². The van der Waals surface area contributed by atoms with E-state index in [0.29, 0.717) is 11.4 Å². The molecule has 0 spiro atoms. The Morgan fingerprint density at radius 1 is 1.23 bits per heavy atom. The number of aryl methyl sites for hydroxylation is 1. The van der Waals surface area contributed by atoms with Gasteiger partial charge in [-0.15, -0.1) is 0 Å². The van der Waals surface area contributed by atoms with Crippen LogP contribution in [0, 0.1) is 12.8 Å². The molecule has 1 aliphatic carbocycles. The van der Waals surface area contributed by atoms with E-state index in [9.17, 15) is 8.42 Å². The van der Waals surface area contributed by atoms with Crippen LogP contribution in [-0.4, -0.2) is 39.2 Å². The van der Waals surface area contributed by atoms with Crippen LogP contribution >= 0.6 is 0 Å². The number of hydrogen-bond donors (Lipinski definition) is 0. The average molecular weight is 394 g/mol. The van der Waals surface area contributed by atoms with Crippen molar-refractivity contribution in [2.24, 2.45) is 5.92 Å². The molecule has 1 aromatic carbocycles. The first-order valence-electron chi connectivity index (χ1n) is 9.38. The molecule has 2 aliphatic rings. The highest BCUT2D eigenvalue weighted by Gasteiger charge is 2.55. The van der Waals surface area contributed by atoms with Crippen LogP contribution < -0.4 is 0 Å². The number of fused-ring (bicyclic) bond motifs is 2. The van der Waals surface area contributed by atoms with E-state index >= 15 is 0 Å². The van der Waals surface area contributed by atoms with Crippen molar-refractivity contribution in [2.45, 2.75) is 69.3 Å². The molecule has 0 amide bonds. The SMILES string of the molecule is C=C(C)C1CC2(O[Si](C)(C)C)CCN(S(=O)(=O)c3ccc(C)cc3)[C@H]1C2. The van der Waals surface area contributed by atoms with Gasteiger partial charge < -0.3 is 4.43 Å². The van der Waals surface area contributed by atoms with Crippen molar-refractivity contribution < 1.29 is 12.8 Å². The second-order valence-corrected chi connectivity index (χ2v) is 15.3. The minimum absolute atomic E-state index is 0.0519. The van der Waals surface area contributed by atoms with E-state index in [1.807, 2.05) is 26.0 Å². The molecule has 2 bridgehead atoms. The van der Waals surface area contributed by atoms with Gasteiger partial charge in [-0.1, -0.05) is 29.8 Å². The van der Waals surface area contributed by atoms with Crippen molar-refractivity contribution in [3.05, 3.63) is 42.0 Å². The largest absolute Gasteiger partial charge is 0.412 e. The normalized spacial score (nSPS) is 29.7. The van der Waals surface area contributed by atoms with Crippen LogP contribution in [0.25, 0.3) is 0 Å². The summed E-state index contributed by atoms with van der Waals surface area (Å²) in [5.74, 6) is 0.161. The van der Waals surface area contributed by atoms with Crippen molar-refractivity contribution in [1.82, 2.24) is 4.31 Å². The highest BCUT2D eigenvalue weighted by atomic mass is 32.2. The van der Waals surface area contributed by atoms with Crippen LogP contribution in [0.1, 0.15) is 31.7 Å². The van der Waals surface area contributed by atoms with Gasteiger partial charge in [0.05, 0.1) is 10.5 Å². The van der Waals surface area contributed by atoms with Gasteiger partial charge in [0.2, 0.25) is 10.0 Å². The molecule has 4 nitrogen and oxygen atoms in total. The molecule has 1 aliphatic heterocycles. The van der Waals surface area contributed by atoms with E-state index in [1.54, 1.807) is 16.4 Å². The summed E-state index contributed by atoms with van der Waals surface area (Å²) in [6, 6.07) is 7.11. The first kappa shape index (κ1) is 19.8. The standard InChI is InChI=1S/C20H31NO3SSi/c1-15(2)18-13-20(24-26(4,5)6)11-12-21(19(18)14-20)25(22,23)17-9-7-16(3)8-10-17/h7-10,18-19H,1,11-14H2,2-6H3/t18?,19-,20?/m0/s1. The maximum Gasteiger partial charge on any atom is 0.243 e. The highest BCUT2D eigenvalue weighted by Crippen LogP contribution is 2.50. The third-order valence-corrected chi connectivity index (χ3v) is 8.56. The number of sulfonamides is 1. The molecule has 1 saturated heterocycles. The van der Waals surface area contributed by atoms with Crippen LogP contribution in [0.15, 0.2) is 41.3 Å². The second kappa shape index (κ2) is 6.58. The molecule has 3 atom stereocenters. The lowest BCUT2D eigenvalue weighted by atomic mass is 9.94. The van der Waals surface area contributed by atoms with Gasteiger partial charge in [0.15, 0.2) is 8.32 Å². The topological polar surface area (TPSA) is 46.6 Å². The molecule has 3 rings (SSSR count). The van der Waals surface area contributed by atoms with Crippen molar-refractivity contribution in [2.75, 3.05) is 6.54 Å². The molecule has 1 aromatic rings. The van der Waals surface area contributed by atoms with Crippen molar-refractivity contribution in [1.29, 1.82) is 0 Å². The van der Waals surface area contributed by atoms with Gasteiger partial charge in [0, 0.05) is 12.6 Å². The zero-order chi connectivity index (χ0) is 19.3. The molecule has 26 heavy (non-hydrogen) atoms. The fourth-order valence-corrected chi connectivity index (χ4v) is 7.79. The van der Waals surface area contributed by atoms with Gasteiger partial charge in [-0.05, 0) is 70.8 Å². The highest BCUT2D eigenvalue weighted by molar-refractivity contribution is 7.89. The molecule has 0 N–H and O–H groups in total. The fraction of sp³-hybridized carbons (Fsp3) is 0.600. The lowest BCUT2D eigenvalue weighted by molar-refractivity contribution is 0.0290. The predicted molar refractivity (Wildman–Crippen MR) is 108 cm³/mol. The van der Waals surface area contributed by atoms with Crippen molar-refractivity contribution >= 4 is 18.3 Å². The summed E-state index contributed by atoms with van der Waals surface area (Å²) in [5, 5.41) is 0. The zero-order valence-electron chi connectivity index (χ0n) is 16.6. The average Bonchev–Trinajstić information content (AvgIpc) is 2.78. The van der Waals surface area contributed by atoms with Gasteiger partial charge in [0.25, 0.3) is 0 Å². The maximum absolute atomic E-state index is 13.3. The molecule has 6 heteroatoms. The fourth-order valence-electron chi connectivity index (χ4n) is 4.56. The van der Waals surface area contributed by atoms with Gasteiger partial charge in [-0.3, -0.25) is 0 Å². The lowest BCUT2D eigenvalue weighted by Crippen LogP contribution is -2.51. The Morgan fingerprint density at radius 3 is 2.38 bits per heavy atom. The summed E-state index contributed by atoms with van der Waals surface area (Å²) in [6.07, 6.45) is 2.43. The Morgan fingerprint density at radius 2 is 1.85 bits per heavy atom. The van der Waals surface area contributed by atoms with E-state index in [-0.39, 0.29) is 17.6 Å². The van der Waals surface area contributed by atoms with E-state index in [2.05, 4.69) is 26.2 Å². The summed E-state index contributed by atoms with van der Waals surface area (Å²) in [5.41, 5.74) is 1.94. The second-order valence-electron chi connectivity index (χ2n) is 9.00. The number of benzene rings is 1. The Bertz CT molecular complexity index is 797. The molecule has 1 saturated carbocycles. The van der Waals surface area contributed by atoms with E-state index in [0.717, 1.165) is 30.4 Å². The molecule has 0 radical (unpaired) electrons. The zero-order valence-corrected chi connectivity index (χ0v) is 18.4. The third-order valence-electron chi connectivity index (χ3n) is 5.58. The number of nitrogens with zero attached hydrogens (tertiary/aromatic N) is 1. The summed E-state index contributed by atoms with van der Waals surface area (Å²) >= 11 is 0. The molecular weight excluding hydrogens is 362 g/mol. The quantitative estimate of drug-likeness (QED) is 0.552. The van der Waals surface area contributed by atoms with E-state index in [1.165, 1.54) is 0 Å². The Kier molecular flexibility index (Phi) is 5.01. The first-order valence-corrected chi connectivity index (χ1v) is 14.2. The molecule has 144 valence electrons. The van der Waals surface area contributed by atoms with E-state index < -0.39 is 18.3 Å². The maximum atomic E-state index is 13.3. The summed E-state index contributed by atoms with van der Waals surface area (Å²) in [7, 11) is -5.21. The van der Waals surface area contributed by atoms with Gasteiger partial charge in [0.1, 0.15) is 0 Å². The Balaban J connectivity index is 1.94. The minimum Gasteiger partial charge on any atom is -0.412 e. The van der Waals surface area contributed by atoms with Gasteiger partial charge in [-0.25, -0.2) is 8.42 Å². The van der Waals surface area contributed by atoms with Crippen LogP contribution in [0.4, 0.5) is 0 Å². The Labute approximate surface area is 159 Å². The summed E-state index contributed by atoms with van der Waals surface area (Å²) in [4.78, 5) is 0.383. The summed E-state index contributed by atoms with van der Waals surface area (Å²) < 4.78 is 34.9. The number of hydrogen-bond acceptors (Lipinski definition) is 3. The smallest absolute Gasteiger partial charge is 0.243 e. The van der Waals surface area contributed by atoms with Crippen LogP contribution in [0.3, 0.4) is 0 Å². The number of rotatable bonds is 5. The molecule has 2 unspecified atom stereocenters. The van der Waals surface area contributed by atoms with Gasteiger partial charge in [-0.2, -0.15) is 4.31 Å². The van der Waals surface area contributed by atoms with Crippen LogP contribution in [0.5, 0.6) is 0 Å². The lowest BCUT2D eigenvalue weighted by Gasteiger charge is -2.42. The minimum atomic E-state index is -3.50. The molecule has 0 aromatic heterocycles. The van der Waals surface area contributed by atoms with Crippen LogP contribution in [-0.2, 0) is 14.4 Å². The molecule has 2 fully saturated rings. The van der Waals surface area contributed by atoms with Crippen molar-refractivity contribution in [3.8, 4) is 0 Å². The molecular formula is C20H31NO3SSi. The Hall–Kier alpha value is -0.953. The monoisotopic (exact) mass is 393 g/mol. The summed E-state index contributed by atoms with van der Waals surface area (Å²) in [6.45, 7) is 15.3. The third kappa shape index (κ3) is 3.70. The van der Waals surface area contributed by atoms with Crippen molar-refractivity contribution in [3.63, 3.8) is 0 Å². The molecule has 1 heterocycles. The number of piperidine rings is 1. The predicted octanol–water partition coefficient (Wildman–Crippen LogP) is 4.33. The van der Waals surface area contributed by atoms with E-state index in [4.69, 9.17) is 4.43 Å².